The number of benzene rings is 2. The average molecular weight is 393 g/mol. The molecule has 1 aliphatic rings. The van der Waals surface area contributed by atoms with Gasteiger partial charge in [-0.25, -0.2) is 9.98 Å². The van der Waals surface area contributed by atoms with Crippen molar-refractivity contribution in [2.24, 2.45) is 9.98 Å². The number of fused-ring (bicyclic) bond motifs is 3. The Balaban J connectivity index is 2.23. The van der Waals surface area contributed by atoms with Crippen LogP contribution in [0.15, 0.2) is 46.4 Å². The monoisotopic (exact) mass is 392 g/mol. The first-order valence-electron chi connectivity index (χ1n) is 9.81. The van der Waals surface area contributed by atoms with Crippen molar-refractivity contribution in [3.63, 3.8) is 0 Å². The third kappa shape index (κ3) is 4.06. The lowest BCUT2D eigenvalue weighted by molar-refractivity contribution is 0.484. The fourth-order valence-corrected chi connectivity index (χ4v) is 3.85. The lowest BCUT2D eigenvalue weighted by Gasteiger charge is -2.24. The number of aliphatic imine (C=N–C) groups is 2. The Labute approximate surface area is 174 Å². The van der Waals surface area contributed by atoms with Crippen molar-refractivity contribution >= 4 is 23.3 Å². The van der Waals surface area contributed by atoms with Crippen LogP contribution in [0.25, 0.3) is 11.1 Å². The van der Waals surface area contributed by atoms with E-state index in [9.17, 15) is 0 Å². The number of hydrogen-bond acceptors (Lipinski definition) is 2. The van der Waals surface area contributed by atoms with E-state index in [4.69, 9.17) is 9.98 Å². The van der Waals surface area contributed by atoms with Crippen molar-refractivity contribution < 1.29 is 0 Å². The maximum Gasteiger partial charge on any atom is 0.200 e. The van der Waals surface area contributed by atoms with E-state index >= 15 is 0 Å². The zero-order valence-corrected chi connectivity index (χ0v) is 18.9. The fourth-order valence-electron chi connectivity index (χ4n) is 3.85. The van der Waals surface area contributed by atoms with Crippen LogP contribution in [-0.2, 0) is 6.42 Å². The minimum absolute atomic E-state index is 0.912. The lowest BCUT2D eigenvalue weighted by atomic mass is 10.0. The highest BCUT2D eigenvalue weighted by Gasteiger charge is 2.25. The highest BCUT2D eigenvalue weighted by Crippen LogP contribution is 2.47. The number of hydrogen-bond donors (Lipinski definition) is 0. The van der Waals surface area contributed by atoms with E-state index in [1.165, 1.54) is 22.3 Å². The fraction of sp³-hybridized carbons (Fsp3) is 0.391. The van der Waals surface area contributed by atoms with Crippen molar-refractivity contribution in [3.05, 3.63) is 47.5 Å². The first-order valence-corrected chi connectivity index (χ1v) is 9.81. The van der Waals surface area contributed by atoms with E-state index < -0.39 is 0 Å². The van der Waals surface area contributed by atoms with Crippen LogP contribution in [0.4, 0.5) is 11.4 Å². The third-order valence-corrected chi connectivity index (χ3v) is 4.93. The Bertz CT molecular complexity index is 856. The molecule has 0 spiro atoms. The van der Waals surface area contributed by atoms with Crippen LogP contribution in [0.1, 0.15) is 11.1 Å². The summed E-state index contributed by atoms with van der Waals surface area (Å²) in [5, 5.41) is 0. The molecule has 6 nitrogen and oxygen atoms in total. The van der Waals surface area contributed by atoms with Crippen molar-refractivity contribution in [3.8, 4) is 11.1 Å². The third-order valence-electron chi connectivity index (χ3n) is 4.93. The largest absolute Gasteiger partial charge is 0.349 e. The minimum Gasteiger partial charge on any atom is -0.349 e. The van der Waals surface area contributed by atoms with Gasteiger partial charge in [-0.3, -0.25) is 0 Å². The molecule has 6 heteroatoms. The maximum absolute atomic E-state index is 5.02. The summed E-state index contributed by atoms with van der Waals surface area (Å²) < 4.78 is 0. The molecule has 2 aromatic rings. The number of guanidine groups is 2. The standard InChI is InChI=1S/C23H32N6/c1-26(2)22(27(3)4)24-18-13-9-11-16-15-17-12-10-14-19(21(17)20(16)18)25-23(28(5)6)29(7)8/h9-14H,15H2,1-8H3. The molecular formula is C23H32N6. The van der Waals surface area contributed by atoms with Gasteiger partial charge < -0.3 is 19.6 Å². The molecule has 0 heterocycles. The van der Waals surface area contributed by atoms with E-state index in [1.807, 2.05) is 76.0 Å². The second-order valence-electron chi connectivity index (χ2n) is 8.20. The predicted molar refractivity (Wildman–Crippen MR) is 124 cm³/mol. The van der Waals surface area contributed by atoms with Gasteiger partial charge in [0.15, 0.2) is 0 Å². The smallest absolute Gasteiger partial charge is 0.200 e. The first kappa shape index (κ1) is 20.7. The molecule has 154 valence electrons. The molecule has 0 fully saturated rings. The highest BCUT2D eigenvalue weighted by molar-refractivity contribution is 5.96. The van der Waals surface area contributed by atoms with Crippen molar-refractivity contribution in [1.82, 2.24) is 19.6 Å². The zero-order valence-electron chi connectivity index (χ0n) is 18.9. The van der Waals surface area contributed by atoms with Gasteiger partial charge in [-0.05, 0) is 29.7 Å². The van der Waals surface area contributed by atoms with Crippen LogP contribution < -0.4 is 0 Å². The second kappa shape index (κ2) is 8.15. The summed E-state index contributed by atoms with van der Waals surface area (Å²) in [5.74, 6) is 1.82. The highest BCUT2D eigenvalue weighted by atomic mass is 15.3. The van der Waals surface area contributed by atoms with Gasteiger partial charge in [-0.2, -0.15) is 0 Å². The molecule has 0 N–H and O–H groups in total. The van der Waals surface area contributed by atoms with Crippen molar-refractivity contribution in [2.75, 3.05) is 56.4 Å². The first-order chi connectivity index (χ1) is 13.7. The van der Waals surface area contributed by atoms with E-state index in [2.05, 4.69) is 36.4 Å². The Morgan fingerprint density at radius 2 is 0.931 bits per heavy atom. The molecule has 2 aromatic carbocycles. The van der Waals surface area contributed by atoms with Gasteiger partial charge in [0.1, 0.15) is 0 Å². The van der Waals surface area contributed by atoms with Crippen LogP contribution in [0.5, 0.6) is 0 Å². The van der Waals surface area contributed by atoms with E-state index in [1.54, 1.807) is 0 Å². The molecule has 1 aliphatic carbocycles. The number of rotatable bonds is 2. The Hall–Kier alpha value is -3.02. The van der Waals surface area contributed by atoms with Gasteiger partial charge in [0, 0.05) is 67.5 Å². The summed E-state index contributed by atoms with van der Waals surface area (Å²) in [7, 11) is 16.2. The molecule has 0 bridgehead atoms. The lowest BCUT2D eigenvalue weighted by Crippen LogP contribution is -2.35. The van der Waals surface area contributed by atoms with Crippen LogP contribution >= 0.6 is 0 Å². The molecule has 29 heavy (non-hydrogen) atoms. The molecule has 0 unspecified atom stereocenters. The number of nitrogens with zero attached hydrogens (tertiary/aromatic N) is 6. The second-order valence-corrected chi connectivity index (χ2v) is 8.20. The predicted octanol–water partition coefficient (Wildman–Crippen LogP) is 3.48. The quantitative estimate of drug-likeness (QED) is 0.494. The zero-order chi connectivity index (χ0) is 21.3. The van der Waals surface area contributed by atoms with E-state index in [0.29, 0.717) is 0 Å². The van der Waals surface area contributed by atoms with Gasteiger partial charge in [0.05, 0.1) is 11.4 Å². The summed E-state index contributed by atoms with van der Waals surface area (Å²) in [5.41, 5.74) is 6.96. The molecular weight excluding hydrogens is 360 g/mol. The summed E-state index contributed by atoms with van der Waals surface area (Å²) in [6, 6.07) is 12.8. The molecule has 0 aromatic heterocycles. The summed E-state index contributed by atoms with van der Waals surface area (Å²) in [4.78, 5) is 18.2. The average Bonchev–Trinajstić information content (AvgIpc) is 3.02. The Morgan fingerprint density at radius 3 is 1.24 bits per heavy atom. The minimum atomic E-state index is 0.912. The van der Waals surface area contributed by atoms with Gasteiger partial charge in [0.25, 0.3) is 0 Å². The van der Waals surface area contributed by atoms with Crippen molar-refractivity contribution in [1.29, 1.82) is 0 Å². The molecule has 3 rings (SSSR count). The topological polar surface area (TPSA) is 37.7 Å². The van der Waals surface area contributed by atoms with Gasteiger partial charge >= 0.3 is 0 Å². The molecule has 0 atom stereocenters. The van der Waals surface area contributed by atoms with Gasteiger partial charge in [-0.1, -0.05) is 24.3 Å². The van der Waals surface area contributed by atoms with Gasteiger partial charge in [0.2, 0.25) is 11.9 Å². The van der Waals surface area contributed by atoms with Crippen LogP contribution in [-0.4, -0.2) is 87.9 Å². The van der Waals surface area contributed by atoms with Gasteiger partial charge in [-0.15, -0.1) is 0 Å². The van der Waals surface area contributed by atoms with E-state index in [-0.39, 0.29) is 0 Å². The van der Waals surface area contributed by atoms with Crippen molar-refractivity contribution in [2.45, 2.75) is 6.42 Å². The molecule has 0 aliphatic heterocycles. The summed E-state index contributed by atoms with van der Waals surface area (Å²) in [6.45, 7) is 0. The molecule has 0 saturated heterocycles. The summed E-state index contributed by atoms with van der Waals surface area (Å²) in [6.07, 6.45) is 0.913. The van der Waals surface area contributed by atoms with Crippen LogP contribution in [0, 0.1) is 0 Å². The van der Waals surface area contributed by atoms with Crippen LogP contribution in [0.2, 0.25) is 0 Å². The Morgan fingerprint density at radius 1 is 0.586 bits per heavy atom. The summed E-state index contributed by atoms with van der Waals surface area (Å²) >= 11 is 0. The SMILES string of the molecule is CN(C)C(=Nc1cccc2c1-c1c(cccc1N=C(N(C)C)N(C)C)C2)N(C)C. The maximum atomic E-state index is 5.02. The van der Waals surface area contributed by atoms with Crippen LogP contribution in [0.3, 0.4) is 0 Å². The molecule has 0 amide bonds. The normalized spacial score (nSPS) is 11.3. The molecule has 0 radical (unpaired) electrons. The van der Waals surface area contributed by atoms with E-state index in [0.717, 1.165) is 29.7 Å². The Kier molecular flexibility index (Phi) is 5.82. The molecule has 0 saturated carbocycles.